The molecule has 1 aromatic heterocycles. The molecule has 4 heteroatoms. The summed E-state index contributed by atoms with van der Waals surface area (Å²) in [5.74, 6) is -0.0232. The van der Waals surface area contributed by atoms with E-state index in [0.717, 1.165) is 31.5 Å². The molecule has 1 aromatic rings. The zero-order valence-corrected chi connectivity index (χ0v) is 9.49. The Kier molecular flexibility index (Phi) is 3.51. The fourth-order valence-electron chi connectivity index (χ4n) is 1.92. The van der Waals surface area contributed by atoms with Gasteiger partial charge in [0.2, 0.25) is 0 Å². The summed E-state index contributed by atoms with van der Waals surface area (Å²) < 4.78 is 0. The molecule has 86 valence electrons. The van der Waals surface area contributed by atoms with Gasteiger partial charge in [-0.15, -0.1) is 0 Å². The zero-order chi connectivity index (χ0) is 11.4. The average molecular weight is 219 g/mol. The molecule has 0 saturated carbocycles. The fraction of sp³-hybridized carbons (Fsp3) is 0.500. The van der Waals surface area contributed by atoms with E-state index in [1.54, 1.807) is 12.4 Å². The van der Waals surface area contributed by atoms with E-state index in [2.05, 4.69) is 15.6 Å². The van der Waals surface area contributed by atoms with Gasteiger partial charge in [0.15, 0.2) is 0 Å². The van der Waals surface area contributed by atoms with Crippen LogP contribution in [0.1, 0.15) is 28.8 Å². The second kappa shape index (κ2) is 5.07. The van der Waals surface area contributed by atoms with Crippen molar-refractivity contribution in [2.75, 3.05) is 13.1 Å². The van der Waals surface area contributed by atoms with Gasteiger partial charge in [0.1, 0.15) is 0 Å². The Morgan fingerprint density at radius 3 is 3.12 bits per heavy atom. The van der Waals surface area contributed by atoms with Crippen molar-refractivity contribution in [1.82, 2.24) is 15.6 Å². The number of aryl methyl sites for hydroxylation is 1. The molecule has 0 radical (unpaired) electrons. The minimum Gasteiger partial charge on any atom is -0.348 e. The van der Waals surface area contributed by atoms with Crippen molar-refractivity contribution in [2.45, 2.75) is 25.8 Å². The van der Waals surface area contributed by atoms with Gasteiger partial charge in [0.05, 0.1) is 5.56 Å². The number of amides is 1. The maximum absolute atomic E-state index is 11.9. The summed E-state index contributed by atoms with van der Waals surface area (Å²) >= 11 is 0. The smallest absolute Gasteiger partial charge is 0.253 e. The third-order valence-corrected chi connectivity index (χ3v) is 2.77. The van der Waals surface area contributed by atoms with E-state index >= 15 is 0 Å². The van der Waals surface area contributed by atoms with Crippen LogP contribution in [0.25, 0.3) is 0 Å². The van der Waals surface area contributed by atoms with Crippen LogP contribution in [0.4, 0.5) is 0 Å². The molecule has 0 aliphatic carbocycles. The summed E-state index contributed by atoms with van der Waals surface area (Å²) in [6.45, 7) is 3.86. The van der Waals surface area contributed by atoms with Gasteiger partial charge >= 0.3 is 0 Å². The number of nitrogens with one attached hydrogen (secondary N) is 2. The molecule has 1 aliphatic rings. The van der Waals surface area contributed by atoms with Crippen molar-refractivity contribution in [3.63, 3.8) is 0 Å². The van der Waals surface area contributed by atoms with Gasteiger partial charge in [0.25, 0.3) is 5.91 Å². The normalized spacial score (nSPS) is 20.4. The number of rotatable bonds is 2. The number of carbonyl (C=O) groups excluding carboxylic acids is 1. The molecule has 2 heterocycles. The number of piperidine rings is 1. The second-order valence-corrected chi connectivity index (χ2v) is 4.27. The van der Waals surface area contributed by atoms with E-state index in [9.17, 15) is 4.79 Å². The molecular formula is C12H17N3O. The van der Waals surface area contributed by atoms with E-state index in [-0.39, 0.29) is 11.9 Å². The van der Waals surface area contributed by atoms with E-state index in [1.165, 1.54) is 0 Å². The fourth-order valence-corrected chi connectivity index (χ4v) is 1.92. The largest absolute Gasteiger partial charge is 0.348 e. The first-order valence-electron chi connectivity index (χ1n) is 5.69. The van der Waals surface area contributed by atoms with Crippen LogP contribution in [-0.4, -0.2) is 30.0 Å². The summed E-state index contributed by atoms with van der Waals surface area (Å²) in [4.78, 5) is 15.9. The summed E-state index contributed by atoms with van der Waals surface area (Å²) in [6, 6.07) is 2.11. The van der Waals surface area contributed by atoms with Crippen LogP contribution in [0.2, 0.25) is 0 Å². The highest BCUT2D eigenvalue weighted by atomic mass is 16.1. The van der Waals surface area contributed by atoms with Gasteiger partial charge in [0, 0.05) is 25.0 Å². The number of hydrogen-bond acceptors (Lipinski definition) is 3. The Balaban J connectivity index is 1.97. The molecule has 4 nitrogen and oxygen atoms in total. The summed E-state index contributed by atoms with van der Waals surface area (Å²) in [6.07, 6.45) is 5.53. The Labute approximate surface area is 95.5 Å². The molecule has 1 amide bonds. The van der Waals surface area contributed by atoms with Crippen LogP contribution in [0.5, 0.6) is 0 Å². The molecule has 0 bridgehead atoms. The van der Waals surface area contributed by atoms with Crippen LogP contribution >= 0.6 is 0 Å². The maximum Gasteiger partial charge on any atom is 0.253 e. The highest BCUT2D eigenvalue weighted by Gasteiger charge is 2.16. The molecule has 1 atom stereocenters. The molecular weight excluding hydrogens is 202 g/mol. The Morgan fingerprint density at radius 1 is 1.56 bits per heavy atom. The van der Waals surface area contributed by atoms with Crippen molar-refractivity contribution in [2.24, 2.45) is 0 Å². The summed E-state index contributed by atoms with van der Waals surface area (Å²) in [5, 5.41) is 6.29. The van der Waals surface area contributed by atoms with Crippen molar-refractivity contribution in [3.8, 4) is 0 Å². The van der Waals surface area contributed by atoms with Gasteiger partial charge in [-0.25, -0.2) is 0 Å². The lowest BCUT2D eigenvalue weighted by molar-refractivity contribution is 0.0930. The molecule has 0 spiro atoms. The number of hydrogen-bond donors (Lipinski definition) is 2. The minimum absolute atomic E-state index is 0.0232. The number of aromatic nitrogens is 1. The zero-order valence-electron chi connectivity index (χ0n) is 9.49. The quantitative estimate of drug-likeness (QED) is 0.776. The first-order valence-corrected chi connectivity index (χ1v) is 5.69. The Morgan fingerprint density at radius 2 is 2.44 bits per heavy atom. The lowest BCUT2D eigenvalue weighted by Crippen LogP contribution is -2.45. The third-order valence-electron chi connectivity index (χ3n) is 2.77. The lowest BCUT2D eigenvalue weighted by Gasteiger charge is -2.23. The standard InChI is InChI=1S/C12H17N3O/c1-9-5-10(7-14-6-9)12(16)15-11-3-2-4-13-8-11/h5-7,11,13H,2-4,8H2,1H3,(H,15,16)/t11-/m0/s1. The molecule has 1 aliphatic heterocycles. The van der Waals surface area contributed by atoms with E-state index < -0.39 is 0 Å². The first-order chi connectivity index (χ1) is 7.75. The third kappa shape index (κ3) is 2.79. The number of carbonyl (C=O) groups is 1. The van der Waals surface area contributed by atoms with E-state index in [0.29, 0.717) is 5.56 Å². The average Bonchev–Trinajstić information content (AvgIpc) is 2.30. The van der Waals surface area contributed by atoms with Crippen LogP contribution < -0.4 is 10.6 Å². The van der Waals surface area contributed by atoms with Crippen molar-refractivity contribution < 1.29 is 4.79 Å². The second-order valence-electron chi connectivity index (χ2n) is 4.27. The summed E-state index contributed by atoms with van der Waals surface area (Å²) in [5.41, 5.74) is 1.65. The van der Waals surface area contributed by atoms with E-state index in [4.69, 9.17) is 0 Å². The molecule has 2 rings (SSSR count). The minimum atomic E-state index is -0.0232. The molecule has 1 fully saturated rings. The van der Waals surface area contributed by atoms with Gasteiger partial charge in [-0.2, -0.15) is 0 Å². The predicted octanol–water partition coefficient (Wildman–Crippen LogP) is 0.872. The van der Waals surface area contributed by atoms with Gasteiger partial charge in [-0.3, -0.25) is 9.78 Å². The molecule has 16 heavy (non-hydrogen) atoms. The highest BCUT2D eigenvalue weighted by molar-refractivity contribution is 5.94. The number of nitrogens with zero attached hydrogens (tertiary/aromatic N) is 1. The molecule has 2 N–H and O–H groups in total. The van der Waals surface area contributed by atoms with Crippen LogP contribution in [0, 0.1) is 6.92 Å². The topological polar surface area (TPSA) is 54.0 Å². The molecule has 0 aromatic carbocycles. The van der Waals surface area contributed by atoms with Crippen molar-refractivity contribution in [1.29, 1.82) is 0 Å². The van der Waals surface area contributed by atoms with Gasteiger partial charge in [-0.05, 0) is 37.9 Å². The SMILES string of the molecule is Cc1cncc(C(=O)N[C@H]2CCCNC2)c1. The van der Waals surface area contributed by atoms with Gasteiger partial charge < -0.3 is 10.6 Å². The highest BCUT2D eigenvalue weighted by Crippen LogP contribution is 2.05. The number of pyridine rings is 1. The van der Waals surface area contributed by atoms with Gasteiger partial charge in [-0.1, -0.05) is 0 Å². The van der Waals surface area contributed by atoms with E-state index in [1.807, 2.05) is 13.0 Å². The van der Waals surface area contributed by atoms with Crippen LogP contribution in [0.3, 0.4) is 0 Å². The molecule has 0 unspecified atom stereocenters. The first kappa shape index (κ1) is 11.1. The maximum atomic E-state index is 11.9. The Hall–Kier alpha value is -1.42. The molecule has 1 saturated heterocycles. The van der Waals surface area contributed by atoms with Crippen LogP contribution in [-0.2, 0) is 0 Å². The summed E-state index contributed by atoms with van der Waals surface area (Å²) in [7, 11) is 0. The van der Waals surface area contributed by atoms with Crippen molar-refractivity contribution in [3.05, 3.63) is 29.6 Å². The lowest BCUT2D eigenvalue weighted by atomic mass is 10.1. The predicted molar refractivity (Wildman–Crippen MR) is 62.3 cm³/mol. The van der Waals surface area contributed by atoms with Crippen LogP contribution in [0.15, 0.2) is 18.5 Å². The van der Waals surface area contributed by atoms with Crippen molar-refractivity contribution >= 4 is 5.91 Å². The monoisotopic (exact) mass is 219 g/mol. The Bertz CT molecular complexity index is 372.